The highest BCUT2D eigenvalue weighted by atomic mass is 16.5. The van der Waals surface area contributed by atoms with E-state index in [0.717, 1.165) is 32.6 Å². The van der Waals surface area contributed by atoms with E-state index in [9.17, 15) is 4.79 Å². The van der Waals surface area contributed by atoms with Gasteiger partial charge in [0.2, 0.25) is 5.91 Å². The van der Waals surface area contributed by atoms with Crippen molar-refractivity contribution in [2.75, 3.05) is 53.6 Å². The SMILES string of the molecule is CCOCCCCNC(=NC)NCC(=O)NCCOC. The van der Waals surface area contributed by atoms with Gasteiger partial charge in [-0.25, -0.2) is 0 Å². The smallest absolute Gasteiger partial charge is 0.239 e. The number of amides is 1. The van der Waals surface area contributed by atoms with Gasteiger partial charge in [-0.3, -0.25) is 9.79 Å². The van der Waals surface area contributed by atoms with Gasteiger partial charge in [0.15, 0.2) is 5.96 Å². The molecule has 3 N–H and O–H groups in total. The van der Waals surface area contributed by atoms with E-state index >= 15 is 0 Å². The van der Waals surface area contributed by atoms with Crippen molar-refractivity contribution < 1.29 is 14.3 Å². The van der Waals surface area contributed by atoms with Crippen LogP contribution in [0.5, 0.6) is 0 Å². The Hall–Kier alpha value is -1.34. The summed E-state index contributed by atoms with van der Waals surface area (Å²) in [5.74, 6) is 0.546. The largest absolute Gasteiger partial charge is 0.383 e. The van der Waals surface area contributed by atoms with Gasteiger partial charge in [0.05, 0.1) is 13.2 Å². The van der Waals surface area contributed by atoms with Crippen LogP contribution in [0.4, 0.5) is 0 Å². The van der Waals surface area contributed by atoms with Crippen LogP contribution in [-0.4, -0.2) is 65.5 Å². The molecule has 0 aromatic heterocycles. The lowest BCUT2D eigenvalue weighted by atomic mass is 10.3. The number of carbonyl (C=O) groups excluding carboxylic acids is 1. The first kappa shape index (κ1) is 18.7. The molecule has 0 aliphatic heterocycles. The van der Waals surface area contributed by atoms with Crippen molar-refractivity contribution in [1.29, 1.82) is 0 Å². The van der Waals surface area contributed by atoms with Crippen molar-refractivity contribution in [3.63, 3.8) is 0 Å². The number of rotatable bonds is 11. The Morgan fingerprint density at radius 1 is 1.10 bits per heavy atom. The van der Waals surface area contributed by atoms with E-state index in [1.807, 2.05) is 6.92 Å². The van der Waals surface area contributed by atoms with Crippen LogP contribution in [0.15, 0.2) is 4.99 Å². The Labute approximate surface area is 121 Å². The molecule has 0 spiro atoms. The van der Waals surface area contributed by atoms with Gasteiger partial charge in [-0.2, -0.15) is 0 Å². The van der Waals surface area contributed by atoms with Gasteiger partial charge in [0, 0.05) is 40.5 Å². The van der Waals surface area contributed by atoms with Gasteiger partial charge < -0.3 is 25.4 Å². The van der Waals surface area contributed by atoms with Crippen LogP contribution in [0, 0.1) is 0 Å². The van der Waals surface area contributed by atoms with E-state index < -0.39 is 0 Å². The first-order valence-corrected chi connectivity index (χ1v) is 7.02. The van der Waals surface area contributed by atoms with Gasteiger partial charge in [0.1, 0.15) is 0 Å². The van der Waals surface area contributed by atoms with Crippen LogP contribution in [0.25, 0.3) is 0 Å². The number of nitrogens with one attached hydrogen (secondary N) is 3. The summed E-state index contributed by atoms with van der Waals surface area (Å²) in [4.78, 5) is 15.5. The van der Waals surface area contributed by atoms with Crippen molar-refractivity contribution >= 4 is 11.9 Å². The second-order valence-electron chi connectivity index (χ2n) is 4.10. The molecule has 0 fully saturated rings. The average molecular weight is 288 g/mol. The number of hydrogen-bond acceptors (Lipinski definition) is 4. The van der Waals surface area contributed by atoms with Crippen LogP contribution in [0.2, 0.25) is 0 Å². The summed E-state index contributed by atoms with van der Waals surface area (Å²) in [5, 5.41) is 8.83. The second kappa shape index (κ2) is 14.1. The molecule has 20 heavy (non-hydrogen) atoms. The number of methoxy groups -OCH3 is 1. The first-order chi connectivity index (χ1) is 9.74. The fourth-order valence-electron chi connectivity index (χ4n) is 1.42. The third-order valence-electron chi connectivity index (χ3n) is 2.48. The van der Waals surface area contributed by atoms with E-state index in [0.29, 0.717) is 19.1 Å². The standard InChI is InChI=1S/C13H28N4O3/c1-4-20-9-6-5-7-16-13(14-2)17-11-12(18)15-8-10-19-3/h4-11H2,1-3H3,(H,15,18)(H2,14,16,17). The molecule has 118 valence electrons. The maximum absolute atomic E-state index is 11.5. The maximum Gasteiger partial charge on any atom is 0.239 e. The summed E-state index contributed by atoms with van der Waals surface area (Å²) < 4.78 is 10.1. The van der Waals surface area contributed by atoms with Crippen LogP contribution < -0.4 is 16.0 Å². The number of unbranched alkanes of at least 4 members (excludes halogenated alkanes) is 1. The topological polar surface area (TPSA) is 84.0 Å². The lowest BCUT2D eigenvalue weighted by Gasteiger charge is -2.11. The third-order valence-corrected chi connectivity index (χ3v) is 2.48. The molecule has 0 saturated carbocycles. The fourth-order valence-corrected chi connectivity index (χ4v) is 1.42. The van der Waals surface area contributed by atoms with Crippen molar-refractivity contribution in [2.24, 2.45) is 4.99 Å². The number of guanidine groups is 1. The molecule has 0 bridgehead atoms. The van der Waals surface area contributed by atoms with Gasteiger partial charge in [-0.05, 0) is 19.8 Å². The lowest BCUT2D eigenvalue weighted by Crippen LogP contribution is -2.43. The molecule has 0 atom stereocenters. The second-order valence-corrected chi connectivity index (χ2v) is 4.10. The summed E-state index contributed by atoms with van der Waals surface area (Å²) in [6.07, 6.45) is 2.01. The van der Waals surface area contributed by atoms with Crippen LogP contribution in [0.3, 0.4) is 0 Å². The molecule has 0 aliphatic carbocycles. The molecule has 0 radical (unpaired) electrons. The van der Waals surface area contributed by atoms with Gasteiger partial charge in [0.25, 0.3) is 0 Å². The minimum Gasteiger partial charge on any atom is -0.383 e. The van der Waals surface area contributed by atoms with Crippen LogP contribution >= 0.6 is 0 Å². The normalized spacial score (nSPS) is 11.2. The molecular formula is C13H28N4O3. The Morgan fingerprint density at radius 2 is 1.90 bits per heavy atom. The molecular weight excluding hydrogens is 260 g/mol. The third kappa shape index (κ3) is 11.7. The molecule has 0 aromatic rings. The van der Waals surface area contributed by atoms with Crippen molar-refractivity contribution in [1.82, 2.24) is 16.0 Å². The highest BCUT2D eigenvalue weighted by Gasteiger charge is 2.02. The van der Waals surface area contributed by atoms with Crippen molar-refractivity contribution in [3.05, 3.63) is 0 Å². The van der Waals surface area contributed by atoms with E-state index in [1.54, 1.807) is 14.2 Å². The van der Waals surface area contributed by atoms with Gasteiger partial charge in [-0.15, -0.1) is 0 Å². The highest BCUT2D eigenvalue weighted by molar-refractivity contribution is 5.86. The predicted molar refractivity (Wildman–Crippen MR) is 80.0 cm³/mol. The number of aliphatic imine (C=N–C) groups is 1. The number of hydrogen-bond donors (Lipinski definition) is 3. The number of ether oxygens (including phenoxy) is 2. The summed E-state index contributed by atoms with van der Waals surface area (Å²) >= 11 is 0. The highest BCUT2D eigenvalue weighted by Crippen LogP contribution is 1.88. The van der Waals surface area contributed by atoms with Gasteiger partial charge in [-0.1, -0.05) is 0 Å². The Kier molecular flexibility index (Phi) is 13.1. The molecule has 7 nitrogen and oxygen atoms in total. The average Bonchev–Trinajstić information content (AvgIpc) is 2.46. The molecule has 0 heterocycles. The summed E-state index contributed by atoms with van der Waals surface area (Å²) in [5.41, 5.74) is 0. The molecule has 0 unspecified atom stereocenters. The Bertz CT molecular complexity index is 272. The van der Waals surface area contributed by atoms with Gasteiger partial charge >= 0.3 is 0 Å². The molecule has 7 heteroatoms. The molecule has 1 amide bonds. The Balaban J connectivity index is 3.59. The van der Waals surface area contributed by atoms with Crippen molar-refractivity contribution in [2.45, 2.75) is 19.8 Å². The zero-order valence-electron chi connectivity index (χ0n) is 12.8. The van der Waals surface area contributed by atoms with Crippen molar-refractivity contribution in [3.8, 4) is 0 Å². The monoisotopic (exact) mass is 288 g/mol. The molecule has 0 saturated heterocycles. The summed E-state index contributed by atoms with van der Waals surface area (Å²) in [7, 11) is 3.28. The summed E-state index contributed by atoms with van der Waals surface area (Å²) in [6, 6.07) is 0. The maximum atomic E-state index is 11.5. The predicted octanol–water partition coefficient (Wildman–Crippen LogP) is -0.269. The summed E-state index contributed by atoms with van der Waals surface area (Å²) in [6.45, 7) is 5.56. The van der Waals surface area contributed by atoms with E-state index in [1.165, 1.54) is 0 Å². The number of nitrogens with zero attached hydrogens (tertiary/aromatic N) is 1. The van der Waals surface area contributed by atoms with E-state index in [-0.39, 0.29) is 12.5 Å². The molecule has 0 aromatic carbocycles. The van der Waals surface area contributed by atoms with E-state index in [4.69, 9.17) is 9.47 Å². The minimum atomic E-state index is -0.0821. The fraction of sp³-hybridized carbons (Fsp3) is 0.846. The zero-order valence-corrected chi connectivity index (χ0v) is 12.8. The van der Waals surface area contributed by atoms with Crippen LogP contribution in [0.1, 0.15) is 19.8 Å². The minimum absolute atomic E-state index is 0.0821. The number of carbonyl (C=O) groups is 1. The molecule has 0 rings (SSSR count). The quantitative estimate of drug-likeness (QED) is 0.277. The first-order valence-electron chi connectivity index (χ1n) is 7.02. The molecule has 0 aliphatic rings. The zero-order chi connectivity index (χ0) is 15.1. The van der Waals surface area contributed by atoms with Crippen LogP contribution in [-0.2, 0) is 14.3 Å². The van der Waals surface area contributed by atoms with E-state index in [2.05, 4.69) is 20.9 Å². The Morgan fingerprint density at radius 3 is 2.55 bits per heavy atom. The lowest BCUT2D eigenvalue weighted by molar-refractivity contribution is -0.120.